The fourth-order valence-electron chi connectivity index (χ4n) is 5.74. The van der Waals surface area contributed by atoms with E-state index in [9.17, 15) is 0 Å². The van der Waals surface area contributed by atoms with Gasteiger partial charge in [0, 0.05) is 47.5 Å². The zero-order chi connectivity index (χ0) is 33.0. The molecule has 0 bridgehead atoms. The number of nitrogens with zero attached hydrogens (tertiary/aromatic N) is 1. The second-order valence-corrected chi connectivity index (χ2v) is 11.2. The third-order valence-corrected chi connectivity index (χ3v) is 8.45. The van der Waals surface area contributed by atoms with E-state index in [2.05, 4.69) is 92.0 Å². The molecule has 1 aromatic rings. The highest BCUT2D eigenvalue weighted by Gasteiger charge is 2.36. The summed E-state index contributed by atoms with van der Waals surface area (Å²) in [5.74, 6) is 2.87. The molecule has 1 saturated carbocycles. The van der Waals surface area contributed by atoms with Gasteiger partial charge in [-0.05, 0) is 76.9 Å². The van der Waals surface area contributed by atoms with Crippen LogP contribution >= 0.6 is 0 Å². The van der Waals surface area contributed by atoms with Crippen LogP contribution in [0.2, 0.25) is 0 Å². The topological polar surface area (TPSA) is 148 Å². The van der Waals surface area contributed by atoms with Crippen LogP contribution in [0.4, 0.5) is 5.82 Å². The molecule has 8 nitrogen and oxygen atoms in total. The molecule has 5 unspecified atom stereocenters. The van der Waals surface area contributed by atoms with Gasteiger partial charge in [0.05, 0.1) is 18.7 Å². The third kappa shape index (κ3) is 8.58. The predicted molar refractivity (Wildman–Crippen MR) is 188 cm³/mol. The molecule has 1 aliphatic heterocycles. The zero-order valence-corrected chi connectivity index (χ0v) is 28.2. The highest BCUT2D eigenvalue weighted by molar-refractivity contribution is 5.68. The van der Waals surface area contributed by atoms with Crippen LogP contribution < -0.4 is 32.6 Å². The Balaban J connectivity index is 0.00000106. The lowest BCUT2D eigenvalue weighted by atomic mass is 9.89. The number of hydrogen-bond acceptors (Lipinski definition) is 8. The summed E-state index contributed by atoms with van der Waals surface area (Å²) in [4.78, 5) is 5.18. The standard InChI is InChI=1S/C32H41N5O.C2H6.2CH5N/c1-6-22-13-24(12-19(3)30(22)34)21(5)35-16-27(23-10-11-23)29-14-25-20(4)17-38-31(25)32(37-29)36-28-9-7-8-18(2)26(28)15-33;3*1-2/h6-9,12-15,20,23,26-28,30,33,35H,5,10-11,16-17,34H2,1-4H3,(H,36,37);1-2H3;2*2H2,1H3/b22-6-,33-15?;;;. The highest BCUT2D eigenvalue weighted by atomic mass is 16.5. The minimum absolute atomic E-state index is 0.000360. The number of pyridine rings is 1. The second kappa shape index (κ2) is 17.7. The Bertz CT molecular complexity index is 1290. The monoisotopic (exact) mass is 603 g/mol. The number of rotatable bonds is 9. The van der Waals surface area contributed by atoms with Gasteiger partial charge in [-0.15, -0.1) is 0 Å². The maximum atomic E-state index is 7.98. The molecular weight excluding hydrogens is 546 g/mol. The molecule has 242 valence electrons. The van der Waals surface area contributed by atoms with Gasteiger partial charge in [-0.25, -0.2) is 4.98 Å². The van der Waals surface area contributed by atoms with Gasteiger partial charge in [0.2, 0.25) is 0 Å². The average molecular weight is 604 g/mol. The van der Waals surface area contributed by atoms with Crippen molar-refractivity contribution >= 4 is 12.0 Å². The molecule has 44 heavy (non-hydrogen) atoms. The van der Waals surface area contributed by atoms with Gasteiger partial charge >= 0.3 is 0 Å². The van der Waals surface area contributed by atoms with Gasteiger partial charge in [0.1, 0.15) is 0 Å². The number of nitrogens with two attached hydrogens (primary N) is 3. The molecule has 1 aromatic heterocycles. The maximum Gasteiger partial charge on any atom is 0.169 e. The summed E-state index contributed by atoms with van der Waals surface area (Å²) >= 11 is 0. The maximum absolute atomic E-state index is 7.98. The zero-order valence-electron chi connectivity index (χ0n) is 28.2. The number of nitrogens with one attached hydrogen (secondary N) is 3. The van der Waals surface area contributed by atoms with E-state index in [1.807, 2.05) is 20.8 Å². The van der Waals surface area contributed by atoms with Crippen LogP contribution in [0.25, 0.3) is 0 Å². The van der Waals surface area contributed by atoms with Crippen molar-refractivity contribution in [1.29, 1.82) is 5.41 Å². The highest BCUT2D eigenvalue weighted by Crippen LogP contribution is 2.46. The van der Waals surface area contributed by atoms with Crippen molar-refractivity contribution in [2.45, 2.75) is 78.3 Å². The van der Waals surface area contributed by atoms with Gasteiger partial charge in [-0.1, -0.05) is 68.9 Å². The minimum atomic E-state index is -0.0490. The van der Waals surface area contributed by atoms with Crippen LogP contribution in [-0.4, -0.2) is 50.5 Å². The smallest absolute Gasteiger partial charge is 0.169 e. The van der Waals surface area contributed by atoms with E-state index < -0.39 is 0 Å². The van der Waals surface area contributed by atoms with Gasteiger partial charge in [-0.2, -0.15) is 0 Å². The Morgan fingerprint density at radius 3 is 2.45 bits per heavy atom. The third-order valence-electron chi connectivity index (χ3n) is 8.45. The van der Waals surface area contributed by atoms with Crippen LogP contribution in [0.3, 0.4) is 0 Å². The van der Waals surface area contributed by atoms with Crippen molar-refractivity contribution in [1.82, 2.24) is 10.3 Å². The van der Waals surface area contributed by atoms with Crippen LogP contribution in [0.1, 0.15) is 77.5 Å². The van der Waals surface area contributed by atoms with Crippen LogP contribution in [-0.2, 0) is 0 Å². The molecule has 2 heterocycles. The van der Waals surface area contributed by atoms with E-state index in [0.717, 1.165) is 46.2 Å². The molecular formula is C36H57N7O. The number of anilines is 1. The first kappa shape index (κ1) is 36.7. The number of allylic oxidation sites excluding steroid dienone is 4. The lowest BCUT2D eigenvalue weighted by Gasteiger charge is -2.28. The first-order valence-electron chi connectivity index (χ1n) is 16.0. The first-order valence-corrected chi connectivity index (χ1v) is 16.0. The molecule has 9 N–H and O–H groups in total. The normalized spacial score (nSPS) is 24.6. The van der Waals surface area contributed by atoms with Gasteiger partial charge in [0.25, 0.3) is 0 Å². The fraction of sp³-hybridized carbons (Fsp3) is 0.500. The number of aromatic nitrogens is 1. The van der Waals surface area contributed by atoms with Crippen molar-refractivity contribution in [2.24, 2.45) is 29.0 Å². The van der Waals surface area contributed by atoms with Gasteiger partial charge in [-0.3, -0.25) is 0 Å². The van der Waals surface area contributed by atoms with Crippen LogP contribution in [0.15, 0.2) is 77.1 Å². The number of fused-ring (bicyclic) bond motifs is 1. The molecule has 0 aromatic carbocycles. The predicted octanol–water partition coefficient (Wildman–Crippen LogP) is 6.07. The molecule has 0 saturated heterocycles. The molecule has 8 heteroatoms. The lowest BCUT2D eigenvalue weighted by molar-refractivity contribution is 0.337. The van der Waals surface area contributed by atoms with Crippen molar-refractivity contribution in [3.8, 4) is 5.75 Å². The number of hydrogen-bond donors (Lipinski definition) is 6. The van der Waals surface area contributed by atoms with E-state index >= 15 is 0 Å². The molecule has 0 radical (unpaired) electrons. The molecule has 0 spiro atoms. The summed E-state index contributed by atoms with van der Waals surface area (Å²) in [5, 5.41) is 15.3. The Morgan fingerprint density at radius 1 is 1.16 bits per heavy atom. The van der Waals surface area contributed by atoms with E-state index in [4.69, 9.17) is 20.9 Å². The van der Waals surface area contributed by atoms with E-state index in [-0.39, 0.29) is 23.9 Å². The molecule has 3 aliphatic carbocycles. The lowest BCUT2D eigenvalue weighted by Crippen LogP contribution is -2.31. The van der Waals surface area contributed by atoms with Crippen LogP contribution in [0, 0.1) is 17.2 Å². The summed E-state index contributed by atoms with van der Waals surface area (Å²) in [6.45, 7) is 18.2. The summed E-state index contributed by atoms with van der Waals surface area (Å²) in [7, 11) is 3.00. The van der Waals surface area contributed by atoms with Crippen molar-refractivity contribution in [3.05, 3.63) is 88.3 Å². The van der Waals surface area contributed by atoms with Crippen molar-refractivity contribution in [2.75, 3.05) is 32.6 Å². The van der Waals surface area contributed by atoms with Gasteiger partial charge < -0.3 is 38.0 Å². The Labute approximate surface area is 266 Å². The minimum Gasteiger partial charge on any atom is -0.489 e. The van der Waals surface area contributed by atoms with E-state index in [0.29, 0.717) is 18.4 Å². The van der Waals surface area contributed by atoms with E-state index in [1.165, 1.54) is 44.3 Å². The molecule has 4 aliphatic rings. The Hall–Kier alpha value is -3.46. The Morgan fingerprint density at radius 2 is 1.84 bits per heavy atom. The largest absolute Gasteiger partial charge is 0.489 e. The molecule has 0 amide bonds. The summed E-state index contributed by atoms with van der Waals surface area (Å²) in [6, 6.07) is 2.19. The molecule has 5 rings (SSSR count). The molecule has 1 fully saturated rings. The Kier molecular flexibility index (Phi) is 14.8. The summed E-state index contributed by atoms with van der Waals surface area (Å²) in [6.07, 6.45) is 16.6. The first-order chi connectivity index (χ1) is 21.3. The van der Waals surface area contributed by atoms with Crippen LogP contribution in [0.5, 0.6) is 5.75 Å². The van der Waals surface area contributed by atoms with Crippen molar-refractivity contribution < 1.29 is 4.74 Å². The number of ether oxygens (including phenoxy) is 1. The SMILES string of the molecule is C=C(NCC(c1cc2c(c(NC3C=CC=C(C)C3C=N)n1)OCC2C)C1CC1)C1=C/C(=C/C)C(N)C(C)=C1.CC.CN.CN. The fourth-order valence-corrected chi connectivity index (χ4v) is 5.74. The van der Waals surface area contributed by atoms with Crippen molar-refractivity contribution in [3.63, 3.8) is 0 Å². The second-order valence-electron chi connectivity index (χ2n) is 11.2. The average Bonchev–Trinajstić information content (AvgIpc) is 3.83. The van der Waals surface area contributed by atoms with E-state index in [1.54, 1.807) is 0 Å². The molecule has 5 atom stereocenters. The summed E-state index contributed by atoms with van der Waals surface area (Å²) in [5.41, 5.74) is 23.1. The quantitative estimate of drug-likeness (QED) is 0.188. The summed E-state index contributed by atoms with van der Waals surface area (Å²) < 4.78 is 6.13. The van der Waals surface area contributed by atoms with Gasteiger partial charge in [0.15, 0.2) is 11.6 Å².